The van der Waals surface area contributed by atoms with Crippen LogP contribution in [0.5, 0.6) is 0 Å². The molecule has 0 spiro atoms. The number of hydrogen-bond donors (Lipinski definition) is 1. The van der Waals surface area contributed by atoms with Crippen LogP contribution in [0.15, 0.2) is 12.7 Å². The standard InChI is InChI=1S/C4H7NO.BrH.ClH/c1-3-4(6)5-2;;/h3H,1H2,2H3,(H,5,6);2*1H. The third-order valence-corrected chi connectivity index (χ3v) is 0.432. The van der Waals surface area contributed by atoms with Gasteiger partial charge in [0.2, 0.25) is 5.91 Å². The van der Waals surface area contributed by atoms with Gasteiger partial charge >= 0.3 is 0 Å². The van der Waals surface area contributed by atoms with Gasteiger partial charge in [0.25, 0.3) is 0 Å². The van der Waals surface area contributed by atoms with Crippen LogP contribution >= 0.6 is 29.4 Å². The van der Waals surface area contributed by atoms with E-state index >= 15 is 0 Å². The minimum absolute atomic E-state index is 0. The van der Waals surface area contributed by atoms with Crippen LogP contribution in [-0.2, 0) is 4.79 Å². The van der Waals surface area contributed by atoms with Crippen molar-refractivity contribution in [1.82, 2.24) is 5.32 Å². The number of likely N-dealkylation sites (N-methyl/N-ethyl adjacent to an activating group) is 1. The van der Waals surface area contributed by atoms with E-state index in [0.717, 1.165) is 0 Å². The molecule has 0 fully saturated rings. The smallest absolute Gasteiger partial charge is 0.243 e. The highest BCUT2D eigenvalue weighted by molar-refractivity contribution is 8.93. The largest absolute Gasteiger partial charge is 0.356 e. The topological polar surface area (TPSA) is 29.1 Å². The number of amides is 1. The van der Waals surface area contributed by atoms with Gasteiger partial charge in [-0.2, -0.15) is 0 Å². The molecule has 0 aromatic heterocycles. The van der Waals surface area contributed by atoms with Gasteiger partial charge in [-0.1, -0.05) is 6.58 Å². The minimum atomic E-state index is -0.144. The Balaban J connectivity index is -0.000000125. The Hall–Kier alpha value is -0.0200. The lowest BCUT2D eigenvalue weighted by atomic mass is 10.6. The molecule has 0 unspecified atom stereocenters. The Morgan fingerprint density at radius 1 is 1.75 bits per heavy atom. The maximum atomic E-state index is 9.95. The van der Waals surface area contributed by atoms with E-state index in [-0.39, 0.29) is 35.3 Å². The Labute approximate surface area is 65.5 Å². The number of halogens is 2. The average Bonchev–Trinajstić information content (AvgIpc) is 1.65. The highest BCUT2D eigenvalue weighted by Gasteiger charge is 1.78. The molecular weight excluding hydrogens is 193 g/mol. The van der Waals surface area contributed by atoms with Gasteiger partial charge in [-0.3, -0.25) is 4.79 Å². The fraction of sp³-hybridized carbons (Fsp3) is 0.250. The zero-order chi connectivity index (χ0) is 4.99. The molecule has 0 bridgehead atoms. The Morgan fingerprint density at radius 2 is 2.12 bits per heavy atom. The Bertz CT molecular complexity index is 76.4. The second-order valence-corrected chi connectivity index (χ2v) is 0.818. The first kappa shape index (κ1) is 15.7. The van der Waals surface area contributed by atoms with Gasteiger partial charge in [-0.15, -0.1) is 29.4 Å². The van der Waals surface area contributed by atoms with E-state index in [1.165, 1.54) is 6.08 Å². The monoisotopic (exact) mass is 201 g/mol. The molecule has 4 heteroatoms. The van der Waals surface area contributed by atoms with E-state index < -0.39 is 0 Å². The molecule has 2 nitrogen and oxygen atoms in total. The van der Waals surface area contributed by atoms with Crippen molar-refractivity contribution in [3.63, 3.8) is 0 Å². The van der Waals surface area contributed by atoms with E-state index in [1.54, 1.807) is 7.05 Å². The van der Waals surface area contributed by atoms with Crippen molar-refractivity contribution in [2.75, 3.05) is 7.05 Å². The molecule has 0 aliphatic rings. The Kier molecular flexibility index (Phi) is 19.7. The van der Waals surface area contributed by atoms with E-state index in [0.29, 0.717) is 0 Å². The van der Waals surface area contributed by atoms with Crippen LogP contribution in [0.4, 0.5) is 0 Å². The molecule has 0 aromatic carbocycles. The van der Waals surface area contributed by atoms with Crippen molar-refractivity contribution in [2.24, 2.45) is 0 Å². The van der Waals surface area contributed by atoms with Gasteiger partial charge in [0.05, 0.1) is 0 Å². The molecule has 0 rings (SSSR count). The lowest BCUT2D eigenvalue weighted by Crippen LogP contribution is -2.13. The third-order valence-electron chi connectivity index (χ3n) is 0.432. The summed E-state index contributed by atoms with van der Waals surface area (Å²) in [5, 5.41) is 2.36. The predicted octanol–water partition coefficient (Wildman–Crippen LogP) is 0.918. The van der Waals surface area contributed by atoms with Crippen LogP contribution in [0.3, 0.4) is 0 Å². The summed E-state index contributed by atoms with van der Waals surface area (Å²) < 4.78 is 0. The zero-order valence-corrected chi connectivity index (χ0v) is 7.04. The summed E-state index contributed by atoms with van der Waals surface area (Å²) in [7, 11) is 1.56. The van der Waals surface area contributed by atoms with Gasteiger partial charge in [0.1, 0.15) is 0 Å². The third kappa shape index (κ3) is 9.36. The van der Waals surface area contributed by atoms with Crippen LogP contribution in [0.1, 0.15) is 0 Å². The van der Waals surface area contributed by atoms with Gasteiger partial charge in [-0.25, -0.2) is 0 Å². The van der Waals surface area contributed by atoms with Crippen LogP contribution < -0.4 is 5.32 Å². The van der Waals surface area contributed by atoms with Crippen LogP contribution in [0.25, 0.3) is 0 Å². The van der Waals surface area contributed by atoms with Crippen molar-refractivity contribution in [1.29, 1.82) is 0 Å². The lowest BCUT2D eigenvalue weighted by molar-refractivity contribution is -0.116. The molecule has 8 heavy (non-hydrogen) atoms. The molecule has 0 aliphatic heterocycles. The van der Waals surface area contributed by atoms with Gasteiger partial charge in [0.15, 0.2) is 0 Å². The summed E-state index contributed by atoms with van der Waals surface area (Å²) in [6, 6.07) is 0. The Morgan fingerprint density at radius 3 is 2.12 bits per heavy atom. The van der Waals surface area contributed by atoms with E-state index in [9.17, 15) is 4.79 Å². The first-order valence-electron chi connectivity index (χ1n) is 1.65. The molecule has 0 aliphatic carbocycles. The number of carbonyl (C=O) groups excluding carboxylic acids is 1. The maximum Gasteiger partial charge on any atom is 0.243 e. The fourth-order valence-corrected chi connectivity index (χ4v) is 0.102. The number of carbonyl (C=O) groups is 1. The molecule has 0 saturated heterocycles. The number of rotatable bonds is 1. The quantitative estimate of drug-likeness (QED) is 0.630. The second-order valence-electron chi connectivity index (χ2n) is 0.818. The average molecular weight is 202 g/mol. The minimum Gasteiger partial charge on any atom is -0.356 e. The second kappa shape index (κ2) is 10.1. The molecule has 0 heterocycles. The summed E-state index contributed by atoms with van der Waals surface area (Å²) in [4.78, 5) is 9.95. The SMILES string of the molecule is Br.C=CC(=O)NC.Cl. The van der Waals surface area contributed by atoms with Crippen molar-refractivity contribution in [3.8, 4) is 0 Å². The molecule has 0 saturated carbocycles. The predicted molar refractivity (Wildman–Crippen MR) is 41.8 cm³/mol. The van der Waals surface area contributed by atoms with Crippen LogP contribution in [0.2, 0.25) is 0 Å². The van der Waals surface area contributed by atoms with Crippen molar-refractivity contribution in [2.45, 2.75) is 0 Å². The summed E-state index contributed by atoms with van der Waals surface area (Å²) >= 11 is 0. The molecule has 1 amide bonds. The highest BCUT2D eigenvalue weighted by atomic mass is 79.9. The zero-order valence-electron chi connectivity index (χ0n) is 4.51. The molecule has 1 N–H and O–H groups in total. The molecule has 0 aromatic rings. The van der Waals surface area contributed by atoms with Crippen molar-refractivity contribution in [3.05, 3.63) is 12.7 Å². The first-order valence-corrected chi connectivity index (χ1v) is 1.65. The molecule has 50 valence electrons. The molecule has 0 radical (unpaired) electrons. The maximum absolute atomic E-state index is 9.95. The van der Waals surface area contributed by atoms with Crippen LogP contribution in [0, 0.1) is 0 Å². The van der Waals surface area contributed by atoms with Gasteiger partial charge in [-0.05, 0) is 6.08 Å². The number of nitrogens with one attached hydrogen (secondary N) is 1. The fourth-order valence-electron chi connectivity index (χ4n) is 0.102. The molecular formula is C4H9BrClNO. The summed E-state index contributed by atoms with van der Waals surface area (Å²) in [5.41, 5.74) is 0. The van der Waals surface area contributed by atoms with Crippen LogP contribution in [-0.4, -0.2) is 13.0 Å². The summed E-state index contributed by atoms with van der Waals surface area (Å²) in [6.45, 7) is 3.22. The first-order chi connectivity index (χ1) is 2.81. The highest BCUT2D eigenvalue weighted by Crippen LogP contribution is 1.56. The van der Waals surface area contributed by atoms with E-state index in [2.05, 4.69) is 11.9 Å². The van der Waals surface area contributed by atoms with E-state index in [1.807, 2.05) is 0 Å². The summed E-state index contributed by atoms with van der Waals surface area (Å²) in [5.74, 6) is -0.144. The van der Waals surface area contributed by atoms with Gasteiger partial charge in [0, 0.05) is 7.05 Å². The van der Waals surface area contributed by atoms with E-state index in [4.69, 9.17) is 0 Å². The van der Waals surface area contributed by atoms with Crippen molar-refractivity contribution >= 4 is 35.3 Å². The van der Waals surface area contributed by atoms with Crippen molar-refractivity contribution < 1.29 is 4.79 Å². The molecule has 0 atom stereocenters. The normalized spacial score (nSPS) is 5.12. The van der Waals surface area contributed by atoms with Gasteiger partial charge < -0.3 is 5.32 Å². The number of hydrogen-bond acceptors (Lipinski definition) is 1. The lowest BCUT2D eigenvalue weighted by Gasteiger charge is -1.82. The summed E-state index contributed by atoms with van der Waals surface area (Å²) in [6.07, 6.45) is 1.22.